The molecule has 0 aliphatic rings. The van der Waals surface area contributed by atoms with Crippen molar-refractivity contribution in [3.05, 3.63) is 29.8 Å². The molecule has 1 unspecified atom stereocenters. The maximum absolute atomic E-state index is 11.9. The van der Waals surface area contributed by atoms with Crippen LogP contribution in [0.15, 0.2) is 24.3 Å². The van der Waals surface area contributed by atoms with E-state index in [4.69, 9.17) is 4.74 Å². The van der Waals surface area contributed by atoms with Crippen LogP contribution in [0.3, 0.4) is 0 Å². The summed E-state index contributed by atoms with van der Waals surface area (Å²) in [6.07, 6.45) is 1.94. The van der Waals surface area contributed by atoms with Crippen LogP contribution in [0, 0.1) is 5.92 Å². The molecular weight excluding hydrogens is 266 g/mol. The van der Waals surface area contributed by atoms with Gasteiger partial charge in [-0.05, 0) is 43.4 Å². The molecule has 1 aromatic rings. The number of nitrogens with one attached hydrogen (secondary N) is 1. The summed E-state index contributed by atoms with van der Waals surface area (Å²) in [6.45, 7) is 6.30. The van der Waals surface area contributed by atoms with E-state index in [9.17, 15) is 9.90 Å². The topological polar surface area (TPSA) is 58.6 Å². The number of ether oxygens (including phenoxy) is 1. The first-order valence-corrected chi connectivity index (χ1v) is 7.44. The number of methoxy groups -OCH3 is 1. The molecule has 4 nitrogen and oxygen atoms in total. The number of aliphatic hydroxyl groups is 1. The second-order valence-electron chi connectivity index (χ2n) is 6.23. The molecule has 1 aromatic carbocycles. The van der Waals surface area contributed by atoms with Crippen molar-refractivity contribution in [3.8, 4) is 5.75 Å². The molecule has 2 N–H and O–H groups in total. The maximum atomic E-state index is 11.9. The minimum atomic E-state index is -0.847. The van der Waals surface area contributed by atoms with Crippen LogP contribution < -0.4 is 10.1 Å². The Morgan fingerprint density at radius 3 is 2.48 bits per heavy atom. The SMILES string of the molecule is COc1ccc(CC(=O)NCC(C)(O)CCC(C)C)cc1. The molecule has 0 heterocycles. The molecule has 0 saturated heterocycles. The van der Waals surface area contributed by atoms with E-state index in [2.05, 4.69) is 19.2 Å². The Balaban J connectivity index is 2.39. The molecule has 0 aliphatic heterocycles. The molecule has 0 fully saturated rings. The summed E-state index contributed by atoms with van der Waals surface area (Å²) in [6, 6.07) is 7.41. The summed E-state index contributed by atoms with van der Waals surface area (Å²) in [7, 11) is 1.61. The monoisotopic (exact) mass is 293 g/mol. The lowest BCUT2D eigenvalue weighted by Crippen LogP contribution is -2.41. The molecule has 21 heavy (non-hydrogen) atoms. The predicted molar refractivity (Wildman–Crippen MR) is 84.4 cm³/mol. The van der Waals surface area contributed by atoms with Crippen LogP contribution in [0.1, 0.15) is 39.2 Å². The average Bonchev–Trinajstić information content (AvgIpc) is 2.44. The Kier molecular flexibility index (Phi) is 6.69. The van der Waals surface area contributed by atoms with E-state index >= 15 is 0 Å². The first-order chi connectivity index (χ1) is 9.82. The first kappa shape index (κ1) is 17.5. The second-order valence-corrected chi connectivity index (χ2v) is 6.23. The van der Waals surface area contributed by atoms with Gasteiger partial charge in [0.15, 0.2) is 0 Å². The Bertz CT molecular complexity index is 438. The zero-order valence-corrected chi connectivity index (χ0v) is 13.5. The van der Waals surface area contributed by atoms with Crippen molar-refractivity contribution in [2.45, 2.75) is 45.6 Å². The van der Waals surface area contributed by atoms with Gasteiger partial charge in [0.2, 0.25) is 5.91 Å². The van der Waals surface area contributed by atoms with Crippen LogP contribution in [0.2, 0.25) is 0 Å². The zero-order valence-electron chi connectivity index (χ0n) is 13.5. The third-order valence-electron chi connectivity index (χ3n) is 3.45. The quantitative estimate of drug-likeness (QED) is 0.774. The summed E-state index contributed by atoms with van der Waals surface area (Å²) in [4.78, 5) is 11.9. The number of amides is 1. The van der Waals surface area contributed by atoms with Gasteiger partial charge in [-0.3, -0.25) is 4.79 Å². The van der Waals surface area contributed by atoms with Crippen LogP contribution in [0.25, 0.3) is 0 Å². The van der Waals surface area contributed by atoms with Crippen molar-refractivity contribution in [2.75, 3.05) is 13.7 Å². The molecule has 1 amide bonds. The van der Waals surface area contributed by atoms with Gasteiger partial charge < -0.3 is 15.2 Å². The lowest BCUT2D eigenvalue weighted by atomic mass is 9.95. The Labute approximate surface area is 127 Å². The Morgan fingerprint density at radius 2 is 1.95 bits per heavy atom. The summed E-state index contributed by atoms with van der Waals surface area (Å²) >= 11 is 0. The number of benzene rings is 1. The van der Waals surface area contributed by atoms with Crippen molar-refractivity contribution in [2.24, 2.45) is 5.92 Å². The average molecular weight is 293 g/mol. The van der Waals surface area contributed by atoms with E-state index in [0.717, 1.165) is 17.7 Å². The molecule has 0 saturated carbocycles. The minimum Gasteiger partial charge on any atom is -0.497 e. The molecule has 0 radical (unpaired) electrons. The van der Waals surface area contributed by atoms with Crippen molar-refractivity contribution in [1.82, 2.24) is 5.32 Å². The smallest absolute Gasteiger partial charge is 0.224 e. The van der Waals surface area contributed by atoms with E-state index in [0.29, 0.717) is 18.8 Å². The highest BCUT2D eigenvalue weighted by atomic mass is 16.5. The summed E-state index contributed by atoms with van der Waals surface area (Å²) < 4.78 is 5.08. The molecule has 4 heteroatoms. The number of carbonyl (C=O) groups is 1. The summed E-state index contributed by atoms with van der Waals surface area (Å²) in [5.74, 6) is 1.24. The molecule has 0 spiro atoms. The van der Waals surface area contributed by atoms with Gasteiger partial charge in [-0.2, -0.15) is 0 Å². The van der Waals surface area contributed by atoms with Crippen LogP contribution >= 0.6 is 0 Å². The lowest BCUT2D eigenvalue weighted by Gasteiger charge is -2.24. The Morgan fingerprint density at radius 1 is 1.33 bits per heavy atom. The molecule has 1 rings (SSSR count). The molecule has 1 atom stereocenters. The van der Waals surface area contributed by atoms with Gasteiger partial charge in [0.1, 0.15) is 5.75 Å². The van der Waals surface area contributed by atoms with Crippen LogP contribution in [-0.2, 0) is 11.2 Å². The fraction of sp³-hybridized carbons (Fsp3) is 0.588. The predicted octanol–water partition coefficient (Wildman–Crippen LogP) is 2.54. The third-order valence-corrected chi connectivity index (χ3v) is 3.45. The minimum absolute atomic E-state index is 0.0787. The third kappa shape index (κ3) is 7.14. The molecule has 0 aliphatic carbocycles. The van der Waals surface area contributed by atoms with Crippen molar-refractivity contribution < 1.29 is 14.6 Å². The first-order valence-electron chi connectivity index (χ1n) is 7.44. The van der Waals surface area contributed by atoms with E-state index in [1.165, 1.54) is 0 Å². The summed E-state index contributed by atoms with van der Waals surface area (Å²) in [5, 5.41) is 13.0. The number of hydrogen-bond acceptors (Lipinski definition) is 3. The molecule has 118 valence electrons. The van der Waals surface area contributed by atoms with Crippen molar-refractivity contribution in [3.63, 3.8) is 0 Å². The lowest BCUT2D eigenvalue weighted by molar-refractivity contribution is -0.121. The molecular formula is C17H27NO3. The highest BCUT2D eigenvalue weighted by Gasteiger charge is 2.21. The van der Waals surface area contributed by atoms with Crippen LogP contribution in [-0.4, -0.2) is 30.3 Å². The fourth-order valence-corrected chi connectivity index (χ4v) is 1.97. The fourth-order valence-electron chi connectivity index (χ4n) is 1.97. The van der Waals surface area contributed by atoms with Gasteiger partial charge in [-0.25, -0.2) is 0 Å². The molecule has 0 bridgehead atoms. The van der Waals surface area contributed by atoms with E-state index < -0.39 is 5.60 Å². The van der Waals surface area contributed by atoms with Crippen LogP contribution in [0.4, 0.5) is 0 Å². The van der Waals surface area contributed by atoms with Crippen molar-refractivity contribution >= 4 is 5.91 Å². The van der Waals surface area contributed by atoms with E-state index in [-0.39, 0.29) is 12.5 Å². The highest BCUT2D eigenvalue weighted by Crippen LogP contribution is 2.16. The van der Waals surface area contributed by atoms with Gasteiger partial charge in [0, 0.05) is 6.54 Å². The maximum Gasteiger partial charge on any atom is 0.224 e. The van der Waals surface area contributed by atoms with Gasteiger partial charge in [-0.15, -0.1) is 0 Å². The number of hydrogen-bond donors (Lipinski definition) is 2. The molecule has 0 aromatic heterocycles. The zero-order chi connectivity index (χ0) is 15.9. The van der Waals surface area contributed by atoms with Gasteiger partial charge in [-0.1, -0.05) is 26.0 Å². The van der Waals surface area contributed by atoms with E-state index in [1.54, 1.807) is 14.0 Å². The van der Waals surface area contributed by atoms with Gasteiger partial charge in [0.05, 0.1) is 19.1 Å². The Hall–Kier alpha value is -1.55. The van der Waals surface area contributed by atoms with E-state index in [1.807, 2.05) is 24.3 Å². The van der Waals surface area contributed by atoms with Gasteiger partial charge in [0.25, 0.3) is 0 Å². The normalized spacial score (nSPS) is 13.8. The second kappa shape index (κ2) is 8.03. The van der Waals surface area contributed by atoms with Crippen molar-refractivity contribution in [1.29, 1.82) is 0 Å². The van der Waals surface area contributed by atoms with Gasteiger partial charge >= 0.3 is 0 Å². The highest BCUT2D eigenvalue weighted by molar-refractivity contribution is 5.78. The standard InChI is InChI=1S/C17H27NO3/c1-13(2)9-10-17(3,20)12-18-16(19)11-14-5-7-15(21-4)8-6-14/h5-8,13,20H,9-12H2,1-4H3,(H,18,19). The number of carbonyl (C=O) groups excluding carboxylic acids is 1. The summed E-state index contributed by atoms with van der Waals surface area (Å²) in [5.41, 5.74) is 0.0787. The number of rotatable bonds is 8. The van der Waals surface area contributed by atoms with Crippen LogP contribution in [0.5, 0.6) is 5.75 Å². The largest absolute Gasteiger partial charge is 0.497 e.